The van der Waals surface area contributed by atoms with E-state index in [-0.39, 0.29) is 28.6 Å². The highest BCUT2D eigenvalue weighted by Gasteiger charge is 2.25. The van der Waals surface area contributed by atoms with Crippen LogP contribution in [0.1, 0.15) is 34.8 Å². The number of aryl methyl sites for hydroxylation is 1. The molecule has 2 aliphatic heterocycles. The molecule has 3 aliphatic rings. The molecule has 1 aliphatic carbocycles. The van der Waals surface area contributed by atoms with Crippen LogP contribution in [0.3, 0.4) is 0 Å². The van der Waals surface area contributed by atoms with E-state index in [9.17, 15) is 19.8 Å². The van der Waals surface area contributed by atoms with Crippen molar-refractivity contribution in [3.8, 4) is 28.2 Å². The van der Waals surface area contributed by atoms with E-state index < -0.39 is 11.4 Å². The second-order valence-electron chi connectivity index (χ2n) is 9.82. The van der Waals surface area contributed by atoms with Crippen LogP contribution in [0.2, 0.25) is 5.02 Å². The molecule has 196 valence electrons. The van der Waals surface area contributed by atoms with Gasteiger partial charge in [-0.3, -0.25) is 4.79 Å². The molecular weight excluding hydrogens is 516 g/mol. The Morgan fingerprint density at radius 2 is 1.92 bits per heavy atom. The summed E-state index contributed by atoms with van der Waals surface area (Å²) >= 11 is 6.22. The Balaban J connectivity index is 1.57. The number of aromatic hydroxyl groups is 1. The Labute approximate surface area is 229 Å². The van der Waals surface area contributed by atoms with Gasteiger partial charge in [-0.1, -0.05) is 41.9 Å². The van der Waals surface area contributed by atoms with Gasteiger partial charge in [0.1, 0.15) is 17.1 Å². The van der Waals surface area contributed by atoms with Gasteiger partial charge in [-0.15, -0.1) is 0 Å². The standard InChI is InChI=1S/C31H25ClN2O5/c1-16-9-10-17-5-4-8-24(29(17)34-16)33-15-22-25(35)12-11-20-28(18-6-2-3-7-19(18)31(37)38)21-13-23(32)26(36)14-27(21)39-30(20)22/h2-8,11-14,16,33-35H,9-10,15H2,1H3,(H,37,38). The van der Waals surface area contributed by atoms with E-state index in [1.54, 1.807) is 30.3 Å². The molecule has 0 fully saturated rings. The molecule has 2 heterocycles. The number of rotatable bonds is 5. The zero-order valence-corrected chi connectivity index (χ0v) is 21.8. The smallest absolute Gasteiger partial charge is 0.336 e. The predicted molar refractivity (Wildman–Crippen MR) is 153 cm³/mol. The summed E-state index contributed by atoms with van der Waals surface area (Å²) in [5.74, 6) is -0.833. The molecule has 0 saturated heterocycles. The largest absolute Gasteiger partial charge is 0.507 e. The molecule has 1 atom stereocenters. The van der Waals surface area contributed by atoms with E-state index >= 15 is 0 Å². The summed E-state index contributed by atoms with van der Waals surface area (Å²) in [6, 6.07) is 19.1. The van der Waals surface area contributed by atoms with Crippen LogP contribution in [0.25, 0.3) is 33.4 Å². The first-order valence-electron chi connectivity index (χ1n) is 12.7. The zero-order chi connectivity index (χ0) is 27.3. The number of carbonyl (C=O) groups is 1. The van der Waals surface area contributed by atoms with Crippen molar-refractivity contribution in [3.05, 3.63) is 98.7 Å². The second-order valence-corrected chi connectivity index (χ2v) is 10.2. The van der Waals surface area contributed by atoms with Crippen molar-refractivity contribution in [2.45, 2.75) is 32.4 Å². The molecule has 0 saturated carbocycles. The Morgan fingerprint density at radius 1 is 1.10 bits per heavy atom. The molecule has 0 aromatic heterocycles. The van der Waals surface area contributed by atoms with Crippen molar-refractivity contribution < 1.29 is 19.4 Å². The summed E-state index contributed by atoms with van der Waals surface area (Å²) < 4.78 is 6.25. The number of benzene rings is 4. The van der Waals surface area contributed by atoms with Crippen LogP contribution in [0, 0.1) is 0 Å². The van der Waals surface area contributed by atoms with Gasteiger partial charge < -0.3 is 25.3 Å². The lowest BCUT2D eigenvalue weighted by Gasteiger charge is -2.27. The zero-order valence-electron chi connectivity index (χ0n) is 21.0. The van der Waals surface area contributed by atoms with Gasteiger partial charge in [0.2, 0.25) is 5.43 Å². The third kappa shape index (κ3) is 4.34. The molecule has 1 unspecified atom stereocenters. The number of aromatic carboxylic acids is 1. The molecule has 4 N–H and O–H groups in total. The van der Waals surface area contributed by atoms with Crippen LogP contribution in [0.5, 0.6) is 5.75 Å². The highest BCUT2D eigenvalue weighted by Crippen LogP contribution is 2.44. The van der Waals surface area contributed by atoms with Crippen molar-refractivity contribution in [1.82, 2.24) is 0 Å². The number of carboxylic acid groups (broad SMARTS) is 1. The molecule has 39 heavy (non-hydrogen) atoms. The quantitative estimate of drug-likeness (QED) is 0.178. The number of para-hydroxylation sites is 1. The first kappa shape index (κ1) is 24.8. The fourth-order valence-electron chi connectivity index (χ4n) is 5.35. The Kier molecular flexibility index (Phi) is 6.16. The highest BCUT2D eigenvalue weighted by atomic mass is 35.5. The SMILES string of the molecule is CC1CCc2cccc(NCc3c(O)ccc4c(-c5ccccc5C(=O)O)c5cc(Cl)c(=O)cc-5oc34)c2N1. The van der Waals surface area contributed by atoms with Crippen LogP contribution in [-0.2, 0) is 13.0 Å². The molecule has 3 aromatic rings. The number of hydrogen-bond donors (Lipinski definition) is 4. The summed E-state index contributed by atoms with van der Waals surface area (Å²) in [4.78, 5) is 24.6. The van der Waals surface area contributed by atoms with E-state index in [2.05, 4.69) is 23.6 Å². The van der Waals surface area contributed by atoms with Crippen LogP contribution in [0.4, 0.5) is 11.4 Å². The maximum Gasteiger partial charge on any atom is 0.336 e. The number of hydrogen-bond acceptors (Lipinski definition) is 6. The number of phenolic OH excluding ortho intramolecular Hbond substituents is 1. The first-order valence-corrected chi connectivity index (χ1v) is 13.1. The second kappa shape index (κ2) is 9.67. The normalized spacial score (nSPS) is 14.7. The van der Waals surface area contributed by atoms with Crippen molar-refractivity contribution in [1.29, 1.82) is 0 Å². The number of phenols is 1. The summed E-state index contributed by atoms with van der Waals surface area (Å²) in [5, 5.41) is 28.5. The van der Waals surface area contributed by atoms with Gasteiger partial charge in [0, 0.05) is 35.2 Å². The molecule has 0 bridgehead atoms. The van der Waals surface area contributed by atoms with Gasteiger partial charge in [0.05, 0.1) is 27.5 Å². The number of nitrogens with one attached hydrogen (secondary N) is 2. The monoisotopic (exact) mass is 540 g/mol. The fraction of sp³-hybridized carbons (Fsp3) is 0.161. The van der Waals surface area contributed by atoms with Crippen molar-refractivity contribution in [2.75, 3.05) is 10.6 Å². The minimum Gasteiger partial charge on any atom is -0.507 e. The lowest BCUT2D eigenvalue weighted by atomic mass is 9.90. The summed E-state index contributed by atoms with van der Waals surface area (Å²) in [6.07, 6.45) is 2.03. The molecule has 0 amide bonds. The molecule has 7 nitrogen and oxygen atoms in total. The average molecular weight is 541 g/mol. The van der Waals surface area contributed by atoms with E-state index in [1.807, 2.05) is 12.1 Å². The minimum absolute atomic E-state index is 0.00218. The van der Waals surface area contributed by atoms with Crippen LogP contribution in [0.15, 0.2) is 75.9 Å². The molecular formula is C31H25ClN2O5. The molecule has 0 radical (unpaired) electrons. The highest BCUT2D eigenvalue weighted by molar-refractivity contribution is 6.31. The lowest BCUT2D eigenvalue weighted by molar-refractivity contribution is 0.0697. The Morgan fingerprint density at radius 3 is 2.74 bits per heavy atom. The van der Waals surface area contributed by atoms with Crippen molar-refractivity contribution >= 4 is 39.9 Å². The Bertz CT molecular complexity index is 1790. The van der Waals surface area contributed by atoms with Crippen LogP contribution >= 0.6 is 11.6 Å². The van der Waals surface area contributed by atoms with E-state index in [1.165, 1.54) is 23.8 Å². The van der Waals surface area contributed by atoms with Crippen LogP contribution < -0.4 is 16.1 Å². The van der Waals surface area contributed by atoms with E-state index in [0.717, 1.165) is 24.2 Å². The molecule has 6 rings (SSSR count). The lowest BCUT2D eigenvalue weighted by Crippen LogP contribution is -2.23. The summed E-state index contributed by atoms with van der Waals surface area (Å²) in [6.45, 7) is 2.37. The summed E-state index contributed by atoms with van der Waals surface area (Å²) in [5.41, 5.74) is 5.18. The van der Waals surface area contributed by atoms with Gasteiger partial charge in [-0.05, 0) is 61.2 Å². The Hall–Kier alpha value is -4.49. The maximum atomic E-state index is 12.5. The topological polar surface area (TPSA) is 112 Å². The number of carboxylic acids is 1. The van der Waals surface area contributed by atoms with Crippen molar-refractivity contribution in [3.63, 3.8) is 0 Å². The first-order chi connectivity index (χ1) is 18.8. The number of halogens is 1. The predicted octanol–water partition coefficient (Wildman–Crippen LogP) is 6.98. The van der Waals surface area contributed by atoms with E-state index in [4.69, 9.17) is 16.0 Å². The minimum atomic E-state index is -1.09. The number of fused-ring (bicyclic) bond motifs is 3. The number of anilines is 2. The maximum absolute atomic E-state index is 12.5. The van der Waals surface area contributed by atoms with Crippen molar-refractivity contribution in [2.24, 2.45) is 0 Å². The molecule has 0 spiro atoms. The van der Waals surface area contributed by atoms with Gasteiger partial charge in [0.25, 0.3) is 0 Å². The molecule has 3 aromatic carbocycles. The van der Waals surface area contributed by atoms with Gasteiger partial charge in [-0.25, -0.2) is 4.79 Å². The van der Waals surface area contributed by atoms with Gasteiger partial charge >= 0.3 is 5.97 Å². The van der Waals surface area contributed by atoms with Gasteiger partial charge in [0.15, 0.2) is 0 Å². The van der Waals surface area contributed by atoms with Crippen LogP contribution in [-0.4, -0.2) is 22.2 Å². The third-order valence-corrected chi connectivity index (χ3v) is 7.59. The van der Waals surface area contributed by atoms with Gasteiger partial charge in [-0.2, -0.15) is 0 Å². The average Bonchev–Trinajstić information content (AvgIpc) is 2.92. The summed E-state index contributed by atoms with van der Waals surface area (Å²) in [7, 11) is 0. The third-order valence-electron chi connectivity index (χ3n) is 7.29. The van der Waals surface area contributed by atoms with E-state index in [0.29, 0.717) is 39.3 Å². The fourth-order valence-corrected chi connectivity index (χ4v) is 5.51. The molecule has 8 heteroatoms.